The summed E-state index contributed by atoms with van der Waals surface area (Å²) in [6.07, 6.45) is 1.21. The Labute approximate surface area is 153 Å². The first-order chi connectivity index (χ1) is 12.4. The van der Waals surface area contributed by atoms with Crippen LogP contribution in [0.3, 0.4) is 0 Å². The second-order valence-electron chi connectivity index (χ2n) is 5.91. The van der Waals surface area contributed by atoms with Crippen molar-refractivity contribution in [1.29, 1.82) is 0 Å². The summed E-state index contributed by atoms with van der Waals surface area (Å²) in [7, 11) is 0.00335. The summed E-state index contributed by atoms with van der Waals surface area (Å²) in [5.74, 6) is 1.33. The molecule has 0 saturated carbocycles. The predicted octanol–water partition coefficient (Wildman–Crippen LogP) is 4.44. The maximum absolute atomic E-state index is 11.7. The zero-order valence-corrected chi connectivity index (χ0v) is 15.7. The van der Waals surface area contributed by atoms with Gasteiger partial charge in [0.05, 0.1) is 19.1 Å². The third-order valence-corrected chi connectivity index (χ3v) is 5.34. The van der Waals surface area contributed by atoms with Crippen LogP contribution in [0, 0.1) is 0 Å². The molecule has 0 aliphatic heterocycles. The summed E-state index contributed by atoms with van der Waals surface area (Å²) in [4.78, 5) is 0.310. The lowest BCUT2D eigenvalue weighted by Crippen LogP contribution is -1.96. The molecule has 0 saturated heterocycles. The first-order valence-corrected chi connectivity index (χ1v) is 9.95. The highest BCUT2D eigenvalue weighted by molar-refractivity contribution is 7.90. The monoisotopic (exact) mass is 368 g/mol. The fourth-order valence-corrected chi connectivity index (χ4v) is 3.50. The Bertz CT molecular complexity index is 1020. The van der Waals surface area contributed by atoms with Crippen LogP contribution in [0.15, 0.2) is 71.6 Å². The predicted molar refractivity (Wildman–Crippen MR) is 104 cm³/mol. The molecule has 4 nitrogen and oxygen atoms in total. The van der Waals surface area contributed by atoms with Gasteiger partial charge in [0.25, 0.3) is 0 Å². The van der Waals surface area contributed by atoms with Crippen LogP contribution in [0.4, 0.5) is 0 Å². The Morgan fingerprint density at radius 1 is 0.692 bits per heavy atom. The van der Waals surface area contributed by atoms with Crippen molar-refractivity contribution in [3.63, 3.8) is 0 Å². The van der Waals surface area contributed by atoms with E-state index in [9.17, 15) is 8.42 Å². The summed E-state index contributed by atoms with van der Waals surface area (Å²) in [5.41, 5.74) is 3.98. The molecule has 0 amide bonds. The van der Waals surface area contributed by atoms with Gasteiger partial charge in [-0.1, -0.05) is 42.5 Å². The van der Waals surface area contributed by atoms with Gasteiger partial charge in [-0.3, -0.25) is 0 Å². The second-order valence-corrected chi connectivity index (χ2v) is 7.93. The van der Waals surface area contributed by atoms with Crippen LogP contribution in [0.5, 0.6) is 11.5 Å². The van der Waals surface area contributed by atoms with E-state index in [-0.39, 0.29) is 0 Å². The number of methoxy groups -OCH3 is 2. The smallest absolute Gasteiger partial charge is 0.175 e. The van der Waals surface area contributed by atoms with Crippen molar-refractivity contribution in [2.24, 2.45) is 0 Å². The molecule has 3 aromatic rings. The van der Waals surface area contributed by atoms with Crippen molar-refractivity contribution >= 4 is 9.84 Å². The minimum Gasteiger partial charge on any atom is -0.493 e. The van der Waals surface area contributed by atoms with Gasteiger partial charge in [0.15, 0.2) is 21.3 Å². The van der Waals surface area contributed by atoms with Gasteiger partial charge in [0.1, 0.15) is 0 Å². The summed E-state index contributed by atoms with van der Waals surface area (Å²) in [6, 6.07) is 20.7. The standard InChI is InChI=1S/C21H20O4S/c1-24-20-13-10-16(14-21(20)25-2)19-7-5-4-6-18(19)15-8-11-17(12-9-15)26(3,22)23/h4-14H,1-3H3. The molecular weight excluding hydrogens is 348 g/mol. The van der Waals surface area contributed by atoms with Crippen LogP contribution < -0.4 is 9.47 Å². The Kier molecular flexibility index (Phi) is 5.00. The van der Waals surface area contributed by atoms with Crippen LogP contribution in [-0.2, 0) is 9.84 Å². The van der Waals surface area contributed by atoms with Crippen molar-refractivity contribution in [3.8, 4) is 33.8 Å². The van der Waals surface area contributed by atoms with Gasteiger partial charge in [-0.2, -0.15) is 0 Å². The highest BCUT2D eigenvalue weighted by Crippen LogP contribution is 2.37. The molecule has 0 N–H and O–H groups in total. The molecule has 26 heavy (non-hydrogen) atoms. The highest BCUT2D eigenvalue weighted by atomic mass is 32.2. The van der Waals surface area contributed by atoms with Crippen molar-refractivity contribution in [2.45, 2.75) is 4.90 Å². The molecule has 3 rings (SSSR count). The Hall–Kier alpha value is -2.79. The lowest BCUT2D eigenvalue weighted by atomic mass is 9.94. The van der Waals surface area contributed by atoms with Crippen molar-refractivity contribution in [3.05, 3.63) is 66.7 Å². The van der Waals surface area contributed by atoms with Crippen molar-refractivity contribution < 1.29 is 17.9 Å². The maximum Gasteiger partial charge on any atom is 0.175 e. The van der Waals surface area contributed by atoms with Gasteiger partial charge >= 0.3 is 0 Å². The van der Waals surface area contributed by atoms with E-state index < -0.39 is 9.84 Å². The summed E-state index contributed by atoms with van der Waals surface area (Å²) in [6.45, 7) is 0. The van der Waals surface area contributed by atoms with Gasteiger partial charge in [-0.05, 0) is 46.5 Å². The van der Waals surface area contributed by atoms with E-state index in [2.05, 4.69) is 0 Å². The molecule has 0 atom stereocenters. The summed E-state index contributed by atoms with van der Waals surface area (Å²) < 4.78 is 34.1. The number of hydrogen-bond acceptors (Lipinski definition) is 4. The van der Waals surface area contributed by atoms with Crippen LogP contribution in [0.2, 0.25) is 0 Å². The average Bonchev–Trinajstić information content (AvgIpc) is 2.67. The Balaban J connectivity index is 2.10. The lowest BCUT2D eigenvalue weighted by Gasteiger charge is -2.13. The molecule has 0 bridgehead atoms. The average molecular weight is 368 g/mol. The molecule has 0 fully saturated rings. The van der Waals surface area contributed by atoms with E-state index in [4.69, 9.17) is 9.47 Å². The third-order valence-electron chi connectivity index (χ3n) is 4.22. The first kappa shape index (κ1) is 18.0. The minimum absolute atomic E-state index is 0.310. The lowest BCUT2D eigenvalue weighted by molar-refractivity contribution is 0.355. The molecule has 0 aliphatic rings. The number of hydrogen-bond donors (Lipinski definition) is 0. The van der Waals surface area contributed by atoms with Gasteiger partial charge in [0.2, 0.25) is 0 Å². The largest absolute Gasteiger partial charge is 0.493 e. The number of ether oxygens (including phenoxy) is 2. The fraction of sp³-hybridized carbons (Fsp3) is 0.143. The third kappa shape index (κ3) is 3.58. The van der Waals surface area contributed by atoms with E-state index in [1.54, 1.807) is 26.4 Å². The van der Waals surface area contributed by atoms with Crippen molar-refractivity contribution in [1.82, 2.24) is 0 Å². The summed E-state index contributed by atoms with van der Waals surface area (Å²) in [5, 5.41) is 0. The zero-order valence-electron chi connectivity index (χ0n) is 14.9. The quantitative estimate of drug-likeness (QED) is 0.668. The summed E-state index contributed by atoms with van der Waals surface area (Å²) >= 11 is 0. The normalized spacial score (nSPS) is 11.2. The number of benzene rings is 3. The van der Waals surface area contributed by atoms with Gasteiger partial charge in [-0.15, -0.1) is 0 Å². The molecule has 134 valence electrons. The van der Waals surface area contributed by atoms with Crippen LogP contribution >= 0.6 is 0 Å². The molecule has 0 aromatic heterocycles. The molecular formula is C21H20O4S. The molecule has 3 aromatic carbocycles. The SMILES string of the molecule is COc1ccc(-c2ccccc2-c2ccc(S(C)(=O)=O)cc2)cc1OC. The molecule has 0 spiro atoms. The minimum atomic E-state index is -3.21. The van der Waals surface area contributed by atoms with Crippen LogP contribution in [0.1, 0.15) is 0 Å². The number of sulfone groups is 1. The molecule has 0 unspecified atom stereocenters. The van der Waals surface area contributed by atoms with E-state index in [0.29, 0.717) is 16.4 Å². The van der Waals surface area contributed by atoms with Gasteiger partial charge in [-0.25, -0.2) is 8.42 Å². The maximum atomic E-state index is 11.7. The molecule has 0 heterocycles. The van der Waals surface area contributed by atoms with E-state index in [1.165, 1.54) is 6.26 Å². The topological polar surface area (TPSA) is 52.6 Å². The molecule has 0 aliphatic carbocycles. The van der Waals surface area contributed by atoms with E-state index in [1.807, 2.05) is 54.6 Å². The molecule has 0 radical (unpaired) electrons. The fourth-order valence-electron chi connectivity index (χ4n) is 2.87. The van der Waals surface area contributed by atoms with Crippen molar-refractivity contribution in [2.75, 3.05) is 20.5 Å². The zero-order chi connectivity index (χ0) is 18.7. The number of rotatable bonds is 5. The second kappa shape index (κ2) is 7.22. The van der Waals surface area contributed by atoms with Gasteiger partial charge in [0, 0.05) is 6.26 Å². The first-order valence-electron chi connectivity index (χ1n) is 8.06. The van der Waals surface area contributed by atoms with Gasteiger partial charge < -0.3 is 9.47 Å². The highest BCUT2D eigenvalue weighted by Gasteiger charge is 2.12. The Morgan fingerprint density at radius 3 is 1.77 bits per heavy atom. The van der Waals surface area contributed by atoms with Crippen LogP contribution in [-0.4, -0.2) is 28.9 Å². The Morgan fingerprint density at radius 2 is 1.23 bits per heavy atom. The van der Waals surface area contributed by atoms with E-state index in [0.717, 1.165) is 22.3 Å². The molecule has 5 heteroatoms. The van der Waals surface area contributed by atoms with E-state index >= 15 is 0 Å². The van der Waals surface area contributed by atoms with Crippen LogP contribution in [0.25, 0.3) is 22.3 Å².